The van der Waals surface area contributed by atoms with Crippen molar-refractivity contribution in [3.63, 3.8) is 0 Å². The highest BCUT2D eigenvalue weighted by molar-refractivity contribution is 5.35. The lowest BCUT2D eigenvalue weighted by molar-refractivity contribution is 0.521. The van der Waals surface area contributed by atoms with Gasteiger partial charge in [0, 0.05) is 24.3 Å². The van der Waals surface area contributed by atoms with Crippen molar-refractivity contribution in [2.75, 3.05) is 11.9 Å². The highest BCUT2D eigenvalue weighted by Crippen LogP contribution is 2.10. The van der Waals surface area contributed by atoms with Crippen LogP contribution in [0.15, 0.2) is 12.4 Å². The number of aryl methyl sites for hydroxylation is 1. The second-order valence-corrected chi connectivity index (χ2v) is 4.25. The van der Waals surface area contributed by atoms with Gasteiger partial charge in [-0.15, -0.1) is 0 Å². The van der Waals surface area contributed by atoms with Gasteiger partial charge in [0.15, 0.2) is 0 Å². The van der Waals surface area contributed by atoms with E-state index in [2.05, 4.69) is 29.1 Å². The van der Waals surface area contributed by atoms with E-state index in [-0.39, 0.29) is 0 Å². The molecular formula is C11H20N4. The van der Waals surface area contributed by atoms with E-state index in [1.165, 1.54) is 0 Å². The molecule has 1 aromatic heterocycles. The maximum absolute atomic E-state index is 5.70. The van der Waals surface area contributed by atoms with Gasteiger partial charge in [-0.2, -0.15) is 0 Å². The Morgan fingerprint density at radius 3 is 2.67 bits per heavy atom. The number of anilines is 1. The molecule has 0 radical (unpaired) electrons. The minimum atomic E-state index is 0.291. The average molecular weight is 208 g/mol. The van der Waals surface area contributed by atoms with Crippen LogP contribution in [0.1, 0.15) is 26.0 Å². The Morgan fingerprint density at radius 2 is 2.13 bits per heavy atom. The van der Waals surface area contributed by atoms with E-state index in [4.69, 9.17) is 5.73 Å². The third-order valence-corrected chi connectivity index (χ3v) is 2.20. The predicted octanol–water partition coefficient (Wildman–Crippen LogP) is 1.57. The van der Waals surface area contributed by atoms with E-state index >= 15 is 0 Å². The lowest BCUT2D eigenvalue weighted by Gasteiger charge is -2.19. The maximum Gasteiger partial charge on any atom is 0.129 e. The lowest BCUT2D eigenvalue weighted by Crippen LogP contribution is -2.30. The summed E-state index contributed by atoms with van der Waals surface area (Å²) in [5.41, 5.74) is 6.67. The van der Waals surface area contributed by atoms with Crippen molar-refractivity contribution in [1.29, 1.82) is 0 Å². The van der Waals surface area contributed by atoms with Crippen LogP contribution in [0.2, 0.25) is 0 Å². The predicted molar refractivity (Wildman–Crippen MR) is 62.7 cm³/mol. The number of nitrogens with zero attached hydrogens (tertiary/aromatic N) is 2. The molecule has 3 N–H and O–H groups in total. The van der Waals surface area contributed by atoms with Crippen molar-refractivity contribution in [2.45, 2.75) is 33.2 Å². The summed E-state index contributed by atoms with van der Waals surface area (Å²) in [5, 5.41) is 3.32. The van der Waals surface area contributed by atoms with Gasteiger partial charge >= 0.3 is 0 Å². The van der Waals surface area contributed by atoms with E-state index in [0.717, 1.165) is 17.9 Å². The molecule has 84 valence electrons. The van der Waals surface area contributed by atoms with Gasteiger partial charge in [0.2, 0.25) is 0 Å². The van der Waals surface area contributed by atoms with Crippen molar-refractivity contribution in [3.8, 4) is 0 Å². The number of aromatic nitrogens is 2. The molecule has 0 aromatic carbocycles. The molecule has 0 fully saturated rings. The largest absolute Gasteiger partial charge is 0.366 e. The van der Waals surface area contributed by atoms with Crippen LogP contribution in [0, 0.1) is 12.8 Å². The molecule has 1 heterocycles. The smallest absolute Gasteiger partial charge is 0.129 e. The van der Waals surface area contributed by atoms with Crippen LogP contribution in [-0.2, 0) is 0 Å². The molecule has 0 saturated heterocycles. The topological polar surface area (TPSA) is 63.8 Å². The third-order valence-electron chi connectivity index (χ3n) is 2.20. The fraction of sp³-hybridized carbons (Fsp3) is 0.636. The van der Waals surface area contributed by atoms with Crippen LogP contribution in [0.4, 0.5) is 5.82 Å². The Kier molecular flexibility index (Phi) is 4.49. The second kappa shape index (κ2) is 5.66. The fourth-order valence-electron chi connectivity index (χ4n) is 1.53. The van der Waals surface area contributed by atoms with Crippen molar-refractivity contribution in [2.24, 2.45) is 11.7 Å². The van der Waals surface area contributed by atoms with Crippen molar-refractivity contribution in [3.05, 3.63) is 18.1 Å². The first-order chi connectivity index (χ1) is 7.11. The zero-order chi connectivity index (χ0) is 11.3. The van der Waals surface area contributed by atoms with Crippen molar-refractivity contribution < 1.29 is 0 Å². The number of hydrogen-bond donors (Lipinski definition) is 2. The average Bonchev–Trinajstić information content (AvgIpc) is 2.16. The molecule has 1 unspecified atom stereocenters. The summed E-state index contributed by atoms with van der Waals surface area (Å²) >= 11 is 0. The van der Waals surface area contributed by atoms with Crippen LogP contribution in [0.5, 0.6) is 0 Å². The summed E-state index contributed by atoms with van der Waals surface area (Å²) in [4.78, 5) is 8.21. The van der Waals surface area contributed by atoms with Crippen LogP contribution in [0.25, 0.3) is 0 Å². The zero-order valence-electron chi connectivity index (χ0n) is 9.70. The molecule has 0 aliphatic carbocycles. The quantitative estimate of drug-likeness (QED) is 0.771. The highest BCUT2D eigenvalue weighted by Gasteiger charge is 2.09. The SMILES string of the molecule is Cc1cc(NC(CN)CC(C)C)ncn1. The summed E-state index contributed by atoms with van der Waals surface area (Å²) in [6.45, 7) is 6.96. The molecule has 0 aliphatic rings. The molecule has 0 aliphatic heterocycles. The van der Waals surface area contributed by atoms with Crippen LogP contribution in [-0.4, -0.2) is 22.6 Å². The molecule has 1 atom stereocenters. The second-order valence-electron chi connectivity index (χ2n) is 4.25. The molecule has 1 rings (SSSR count). The van der Waals surface area contributed by atoms with Gasteiger partial charge in [-0.1, -0.05) is 13.8 Å². The first kappa shape index (κ1) is 11.9. The van der Waals surface area contributed by atoms with Gasteiger partial charge < -0.3 is 11.1 Å². The summed E-state index contributed by atoms with van der Waals surface area (Å²) in [7, 11) is 0. The minimum absolute atomic E-state index is 0.291. The van der Waals surface area contributed by atoms with Gasteiger partial charge in [-0.3, -0.25) is 0 Å². The number of nitrogens with one attached hydrogen (secondary N) is 1. The Hall–Kier alpha value is -1.16. The molecule has 1 aromatic rings. The zero-order valence-corrected chi connectivity index (χ0v) is 9.70. The Balaban J connectivity index is 2.58. The summed E-state index contributed by atoms with van der Waals surface area (Å²) in [5.74, 6) is 1.49. The summed E-state index contributed by atoms with van der Waals surface area (Å²) in [6.07, 6.45) is 2.63. The van der Waals surface area contributed by atoms with Crippen LogP contribution in [0.3, 0.4) is 0 Å². The molecule has 0 saturated carbocycles. The van der Waals surface area contributed by atoms with Gasteiger partial charge in [-0.05, 0) is 19.3 Å². The van der Waals surface area contributed by atoms with E-state index in [0.29, 0.717) is 18.5 Å². The van der Waals surface area contributed by atoms with E-state index in [1.807, 2.05) is 13.0 Å². The Bertz CT molecular complexity index is 298. The molecule has 4 nitrogen and oxygen atoms in total. The fourth-order valence-corrected chi connectivity index (χ4v) is 1.53. The normalized spacial score (nSPS) is 12.9. The molecule has 0 amide bonds. The van der Waals surface area contributed by atoms with Crippen molar-refractivity contribution >= 4 is 5.82 Å². The summed E-state index contributed by atoms with van der Waals surface area (Å²) < 4.78 is 0. The molecule has 0 bridgehead atoms. The van der Waals surface area contributed by atoms with Gasteiger partial charge in [0.25, 0.3) is 0 Å². The molecular weight excluding hydrogens is 188 g/mol. The molecule has 15 heavy (non-hydrogen) atoms. The monoisotopic (exact) mass is 208 g/mol. The van der Waals surface area contributed by atoms with E-state index in [9.17, 15) is 0 Å². The minimum Gasteiger partial charge on any atom is -0.366 e. The third kappa shape index (κ3) is 4.25. The van der Waals surface area contributed by atoms with Crippen molar-refractivity contribution in [1.82, 2.24) is 9.97 Å². The number of hydrogen-bond acceptors (Lipinski definition) is 4. The molecule has 4 heteroatoms. The standard InChI is InChI=1S/C11H20N4/c1-8(2)4-10(6-12)15-11-5-9(3)13-7-14-11/h5,7-8,10H,4,6,12H2,1-3H3,(H,13,14,15). The Labute approximate surface area is 91.3 Å². The number of rotatable bonds is 5. The van der Waals surface area contributed by atoms with Gasteiger partial charge in [0.05, 0.1) is 0 Å². The lowest BCUT2D eigenvalue weighted by atomic mass is 10.0. The van der Waals surface area contributed by atoms with Crippen LogP contribution >= 0.6 is 0 Å². The maximum atomic E-state index is 5.70. The number of nitrogens with two attached hydrogens (primary N) is 1. The molecule has 0 spiro atoms. The van der Waals surface area contributed by atoms with Gasteiger partial charge in [0.1, 0.15) is 12.1 Å². The van der Waals surface area contributed by atoms with Crippen LogP contribution < -0.4 is 11.1 Å². The first-order valence-electron chi connectivity index (χ1n) is 5.37. The van der Waals surface area contributed by atoms with E-state index < -0.39 is 0 Å². The van der Waals surface area contributed by atoms with Gasteiger partial charge in [-0.25, -0.2) is 9.97 Å². The first-order valence-corrected chi connectivity index (χ1v) is 5.37. The highest BCUT2D eigenvalue weighted by atomic mass is 15.0. The Morgan fingerprint density at radius 1 is 1.40 bits per heavy atom. The van der Waals surface area contributed by atoms with E-state index in [1.54, 1.807) is 6.33 Å². The summed E-state index contributed by atoms with van der Waals surface area (Å²) in [6, 6.07) is 2.22.